The van der Waals surface area contributed by atoms with Crippen LogP contribution in [0.4, 0.5) is 0 Å². The second kappa shape index (κ2) is 39.1. The standard InChI is InChI=1S/C2H8N2.BH3.2H3N/c3-1-2-4;;;/h1-4H2;3*1H3. The number of hydrogen-bond acceptors (Lipinski definition) is 4. The summed E-state index contributed by atoms with van der Waals surface area (Å²) in [5, 5.41) is 0. The highest BCUT2D eigenvalue weighted by Gasteiger charge is 1.54. The van der Waals surface area contributed by atoms with Crippen LogP contribution in [0.1, 0.15) is 0 Å². The highest BCUT2D eigenvalue weighted by Crippen LogP contribution is 1.24. The van der Waals surface area contributed by atoms with E-state index in [0.717, 1.165) is 0 Å². The smallest absolute Gasteiger partial charge is 0.0814 e. The van der Waals surface area contributed by atoms with Crippen LogP contribution in [0.25, 0.3) is 0 Å². The lowest BCUT2D eigenvalue weighted by Crippen LogP contribution is -2.11. The predicted molar refractivity (Wildman–Crippen MR) is 38.1 cm³/mol. The van der Waals surface area contributed by atoms with Gasteiger partial charge in [0.1, 0.15) is 0 Å². The molecule has 0 atom stereocenters. The minimum atomic E-state index is 0. The van der Waals surface area contributed by atoms with Crippen LogP contribution in [-0.4, -0.2) is 21.5 Å². The summed E-state index contributed by atoms with van der Waals surface area (Å²) in [6.07, 6.45) is 0. The van der Waals surface area contributed by atoms with E-state index in [2.05, 4.69) is 0 Å². The predicted octanol–water partition coefficient (Wildman–Crippen LogP) is -1.96. The van der Waals surface area contributed by atoms with Crippen LogP contribution in [0.2, 0.25) is 0 Å². The van der Waals surface area contributed by atoms with Crippen molar-refractivity contribution >= 4 is 8.41 Å². The number of nitrogens with two attached hydrogens (primary N) is 2. The third-order valence-electron chi connectivity index (χ3n) is 0.167. The fourth-order valence-corrected chi connectivity index (χ4v) is 0. The van der Waals surface area contributed by atoms with Crippen LogP contribution in [0.15, 0.2) is 0 Å². The normalized spacial score (nSPS) is 4.29. The third-order valence-corrected chi connectivity index (χ3v) is 0.167. The van der Waals surface area contributed by atoms with Gasteiger partial charge in [-0.3, -0.25) is 0 Å². The van der Waals surface area contributed by atoms with Crippen LogP contribution in [0.5, 0.6) is 0 Å². The maximum absolute atomic E-state index is 4.90. The Bertz CT molecular complexity index is 11.7. The Hall–Kier alpha value is -0.0951. The fourth-order valence-electron chi connectivity index (χ4n) is 0. The van der Waals surface area contributed by atoms with Crippen molar-refractivity contribution in [2.45, 2.75) is 0 Å². The van der Waals surface area contributed by atoms with Crippen LogP contribution in [0, 0.1) is 0 Å². The van der Waals surface area contributed by atoms with Gasteiger partial charge >= 0.3 is 0 Å². The Kier molecular flexibility index (Phi) is 160. The molecule has 0 fully saturated rings. The summed E-state index contributed by atoms with van der Waals surface area (Å²) in [6.45, 7) is 1.19. The van der Waals surface area contributed by atoms with Gasteiger partial charge in [0.15, 0.2) is 0 Å². The first-order chi connectivity index (χ1) is 1.91. The molecule has 0 saturated heterocycles. The van der Waals surface area contributed by atoms with E-state index in [9.17, 15) is 0 Å². The maximum atomic E-state index is 4.90. The summed E-state index contributed by atoms with van der Waals surface area (Å²) >= 11 is 0. The lowest BCUT2D eigenvalue weighted by atomic mass is 10.7. The van der Waals surface area contributed by atoms with Gasteiger partial charge in [0.05, 0.1) is 8.41 Å². The van der Waals surface area contributed by atoms with Crippen molar-refractivity contribution in [3.05, 3.63) is 0 Å². The molecule has 5 heteroatoms. The van der Waals surface area contributed by atoms with E-state index in [0.29, 0.717) is 13.1 Å². The highest BCUT2D eigenvalue weighted by molar-refractivity contribution is 5.75. The molecule has 0 bridgehead atoms. The Morgan fingerprint density at radius 1 is 0.857 bits per heavy atom. The second-order valence-corrected chi connectivity index (χ2v) is 0.577. The molecule has 0 aliphatic carbocycles. The Labute approximate surface area is 46.4 Å². The zero-order chi connectivity index (χ0) is 3.41. The van der Waals surface area contributed by atoms with Gasteiger partial charge < -0.3 is 23.8 Å². The molecule has 0 spiro atoms. The minimum absolute atomic E-state index is 0. The molecule has 0 heterocycles. The first kappa shape index (κ1) is 28.5. The fraction of sp³-hybridized carbons (Fsp3) is 1.00. The molecular formula is C2H17BN4. The van der Waals surface area contributed by atoms with Crippen LogP contribution >= 0.6 is 0 Å². The SMILES string of the molecule is B.N.N.NCCN. The first-order valence-corrected chi connectivity index (χ1v) is 1.32. The zero-order valence-electron chi connectivity index (χ0n) is 3.98. The number of hydrogen-bond donors (Lipinski definition) is 4. The van der Waals surface area contributed by atoms with Crippen molar-refractivity contribution in [3.63, 3.8) is 0 Å². The van der Waals surface area contributed by atoms with E-state index in [-0.39, 0.29) is 20.7 Å². The summed E-state index contributed by atoms with van der Waals surface area (Å²) < 4.78 is 0. The van der Waals surface area contributed by atoms with Gasteiger partial charge in [-0.25, -0.2) is 0 Å². The molecule has 0 aromatic carbocycles. The van der Waals surface area contributed by atoms with Crippen LogP contribution < -0.4 is 23.8 Å². The molecule has 0 unspecified atom stereocenters. The summed E-state index contributed by atoms with van der Waals surface area (Å²) in [6, 6.07) is 0. The van der Waals surface area contributed by atoms with E-state index in [1.54, 1.807) is 0 Å². The number of rotatable bonds is 1. The molecule has 0 aromatic rings. The van der Waals surface area contributed by atoms with Gasteiger partial charge in [0.2, 0.25) is 0 Å². The molecular weight excluding hydrogens is 90.9 g/mol. The van der Waals surface area contributed by atoms with Crippen molar-refractivity contribution in [1.29, 1.82) is 0 Å². The van der Waals surface area contributed by atoms with E-state index in [1.807, 2.05) is 0 Å². The van der Waals surface area contributed by atoms with Crippen molar-refractivity contribution in [2.75, 3.05) is 13.1 Å². The van der Waals surface area contributed by atoms with E-state index in [4.69, 9.17) is 11.5 Å². The van der Waals surface area contributed by atoms with Crippen LogP contribution in [0.3, 0.4) is 0 Å². The lowest BCUT2D eigenvalue weighted by Gasteiger charge is -1.72. The molecule has 0 aliphatic heterocycles. The molecule has 0 rings (SSSR count). The van der Waals surface area contributed by atoms with E-state index < -0.39 is 0 Å². The summed E-state index contributed by atoms with van der Waals surface area (Å²) in [5.41, 5.74) is 9.81. The highest BCUT2D eigenvalue weighted by atomic mass is 14.6. The minimum Gasteiger partial charge on any atom is -0.344 e. The zero-order valence-corrected chi connectivity index (χ0v) is 3.98. The maximum Gasteiger partial charge on any atom is 0.0814 e. The van der Waals surface area contributed by atoms with Crippen molar-refractivity contribution in [3.8, 4) is 0 Å². The molecule has 0 aromatic heterocycles. The Morgan fingerprint density at radius 2 is 1.00 bits per heavy atom. The summed E-state index contributed by atoms with van der Waals surface area (Å²) in [4.78, 5) is 0. The summed E-state index contributed by atoms with van der Waals surface area (Å²) in [5.74, 6) is 0. The Morgan fingerprint density at radius 3 is 1.00 bits per heavy atom. The molecule has 4 nitrogen and oxygen atoms in total. The molecule has 48 valence electrons. The largest absolute Gasteiger partial charge is 0.344 e. The average Bonchev–Trinajstić information content (AvgIpc) is 1.37. The van der Waals surface area contributed by atoms with E-state index >= 15 is 0 Å². The van der Waals surface area contributed by atoms with Gasteiger partial charge in [-0.1, -0.05) is 0 Å². The van der Waals surface area contributed by atoms with Gasteiger partial charge in [-0.15, -0.1) is 0 Å². The second-order valence-electron chi connectivity index (χ2n) is 0.577. The third kappa shape index (κ3) is 110. The molecule has 0 aliphatic rings. The van der Waals surface area contributed by atoms with Crippen molar-refractivity contribution < 1.29 is 0 Å². The molecule has 10 N–H and O–H groups in total. The van der Waals surface area contributed by atoms with Crippen molar-refractivity contribution in [1.82, 2.24) is 12.3 Å². The van der Waals surface area contributed by atoms with E-state index in [1.165, 1.54) is 0 Å². The molecule has 7 heavy (non-hydrogen) atoms. The van der Waals surface area contributed by atoms with Gasteiger partial charge in [-0.05, 0) is 0 Å². The quantitative estimate of drug-likeness (QED) is 0.291. The van der Waals surface area contributed by atoms with Gasteiger partial charge in [-0.2, -0.15) is 0 Å². The first-order valence-electron chi connectivity index (χ1n) is 1.32. The summed E-state index contributed by atoms with van der Waals surface area (Å²) in [7, 11) is 0. The molecule has 0 amide bonds. The van der Waals surface area contributed by atoms with Gasteiger partial charge in [0, 0.05) is 13.1 Å². The van der Waals surface area contributed by atoms with Crippen molar-refractivity contribution in [2.24, 2.45) is 11.5 Å². The molecule has 0 saturated carbocycles. The average molecular weight is 108 g/mol. The monoisotopic (exact) mass is 108 g/mol. The molecule has 0 radical (unpaired) electrons. The van der Waals surface area contributed by atoms with Crippen LogP contribution in [-0.2, 0) is 0 Å². The Balaban J connectivity index is -0.0000000150. The lowest BCUT2D eigenvalue weighted by molar-refractivity contribution is 0.976. The topological polar surface area (TPSA) is 122 Å². The van der Waals surface area contributed by atoms with Gasteiger partial charge in [0.25, 0.3) is 0 Å².